The summed E-state index contributed by atoms with van der Waals surface area (Å²) in [5.41, 5.74) is 1.51. The van der Waals surface area contributed by atoms with E-state index < -0.39 is 11.9 Å². The number of para-hydroxylation sites is 1. The molecule has 0 N–H and O–H groups in total. The molecule has 0 saturated heterocycles. The van der Waals surface area contributed by atoms with Gasteiger partial charge in [0, 0.05) is 6.21 Å². The molecule has 2 aromatic rings. The molecule has 106 valence electrons. The van der Waals surface area contributed by atoms with Crippen LogP contribution in [-0.2, 0) is 9.53 Å². The van der Waals surface area contributed by atoms with Gasteiger partial charge in [-0.15, -0.1) is 0 Å². The van der Waals surface area contributed by atoms with Crippen molar-refractivity contribution in [2.24, 2.45) is 10.9 Å². The number of aliphatic imine (C=N–C) groups is 1. The number of ketones is 1. The first-order valence-electron chi connectivity index (χ1n) is 6.61. The van der Waals surface area contributed by atoms with Gasteiger partial charge in [-0.1, -0.05) is 18.2 Å². The lowest BCUT2D eigenvalue weighted by atomic mass is 9.99. The zero-order valence-electron chi connectivity index (χ0n) is 11.4. The third-order valence-corrected chi connectivity index (χ3v) is 3.17. The molecule has 1 aromatic heterocycles. The van der Waals surface area contributed by atoms with Crippen molar-refractivity contribution in [3.8, 4) is 5.69 Å². The summed E-state index contributed by atoms with van der Waals surface area (Å²) in [4.78, 5) is 28.5. The minimum Gasteiger partial charge on any atom is -0.465 e. The number of hydrogen-bond donors (Lipinski definition) is 0. The van der Waals surface area contributed by atoms with Gasteiger partial charge in [0.2, 0.25) is 5.78 Å². The molecule has 1 aromatic carbocycles. The fourth-order valence-corrected chi connectivity index (χ4v) is 2.20. The first kappa shape index (κ1) is 13.2. The van der Waals surface area contributed by atoms with E-state index in [2.05, 4.69) is 10.1 Å². The second-order valence-corrected chi connectivity index (χ2v) is 4.50. The minimum atomic E-state index is -1.00. The maximum atomic E-state index is 12.5. The number of Topliss-reactive ketones (excluding diaryl/α,β-unsaturated/α-hetero) is 1. The van der Waals surface area contributed by atoms with Gasteiger partial charge in [0.1, 0.15) is 11.4 Å². The normalized spacial score (nSPS) is 16.6. The van der Waals surface area contributed by atoms with Gasteiger partial charge in [-0.25, -0.2) is 4.68 Å². The lowest BCUT2D eigenvalue weighted by molar-refractivity contribution is -0.144. The van der Waals surface area contributed by atoms with E-state index in [-0.39, 0.29) is 12.4 Å². The number of carbonyl (C=O) groups is 2. The van der Waals surface area contributed by atoms with Crippen molar-refractivity contribution in [1.82, 2.24) is 9.78 Å². The Bertz CT molecular complexity index is 719. The number of nitrogens with zero attached hydrogens (tertiary/aromatic N) is 3. The Morgan fingerprint density at radius 2 is 2.10 bits per heavy atom. The predicted octanol–water partition coefficient (Wildman–Crippen LogP) is 1.95. The fraction of sp³-hybridized carbons (Fsp3) is 0.200. The second-order valence-electron chi connectivity index (χ2n) is 4.50. The van der Waals surface area contributed by atoms with Crippen molar-refractivity contribution in [2.75, 3.05) is 6.61 Å². The number of rotatable bonds is 3. The molecule has 2 heterocycles. The van der Waals surface area contributed by atoms with Crippen LogP contribution >= 0.6 is 0 Å². The van der Waals surface area contributed by atoms with Gasteiger partial charge < -0.3 is 4.74 Å². The molecule has 0 spiro atoms. The van der Waals surface area contributed by atoms with Crippen molar-refractivity contribution < 1.29 is 14.3 Å². The second kappa shape index (κ2) is 5.32. The third-order valence-electron chi connectivity index (χ3n) is 3.17. The molecule has 0 aliphatic carbocycles. The van der Waals surface area contributed by atoms with Gasteiger partial charge in [-0.2, -0.15) is 5.10 Å². The van der Waals surface area contributed by atoms with E-state index in [0.29, 0.717) is 11.4 Å². The summed E-state index contributed by atoms with van der Waals surface area (Å²) in [6, 6.07) is 9.24. The van der Waals surface area contributed by atoms with Crippen molar-refractivity contribution in [3.63, 3.8) is 0 Å². The van der Waals surface area contributed by atoms with Crippen LogP contribution in [-0.4, -0.2) is 34.4 Å². The van der Waals surface area contributed by atoms with Crippen molar-refractivity contribution in [2.45, 2.75) is 6.92 Å². The maximum Gasteiger partial charge on any atom is 0.322 e. The molecule has 1 aliphatic heterocycles. The molecular weight excluding hydrogens is 270 g/mol. The van der Waals surface area contributed by atoms with E-state index >= 15 is 0 Å². The monoisotopic (exact) mass is 283 g/mol. The van der Waals surface area contributed by atoms with Gasteiger partial charge in [-0.05, 0) is 19.1 Å². The molecule has 0 amide bonds. The summed E-state index contributed by atoms with van der Waals surface area (Å²) in [5.74, 6) is -1.94. The maximum absolute atomic E-state index is 12.5. The molecule has 0 bridgehead atoms. The number of benzene rings is 1. The van der Waals surface area contributed by atoms with Crippen molar-refractivity contribution in [3.05, 3.63) is 42.2 Å². The van der Waals surface area contributed by atoms with Crippen LogP contribution in [0, 0.1) is 5.92 Å². The van der Waals surface area contributed by atoms with Gasteiger partial charge in [0.15, 0.2) is 5.92 Å². The molecule has 1 unspecified atom stereocenters. The fourth-order valence-electron chi connectivity index (χ4n) is 2.20. The average molecular weight is 283 g/mol. The number of hydrogen-bond acceptors (Lipinski definition) is 5. The van der Waals surface area contributed by atoms with E-state index in [4.69, 9.17) is 4.74 Å². The Balaban J connectivity index is 2.02. The Morgan fingerprint density at radius 1 is 1.33 bits per heavy atom. The van der Waals surface area contributed by atoms with Crippen LogP contribution < -0.4 is 0 Å². The minimum absolute atomic E-state index is 0.223. The van der Waals surface area contributed by atoms with E-state index in [9.17, 15) is 9.59 Å². The molecule has 1 atom stereocenters. The summed E-state index contributed by atoms with van der Waals surface area (Å²) in [5, 5.41) is 4.19. The molecular formula is C15H13N3O3. The first-order chi connectivity index (χ1) is 10.2. The van der Waals surface area contributed by atoms with Crippen LogP contribution in [0.3, 0.4) is 0 Å². The number of carbonyl (C=O) groups excluding carboxylic acids is 2. The lowest BCUT2D eigenvalue weighted by Gasteiger charge is -2.15. The number of esters is 1. The zero-order valence-corrected chi connectivity index (χ0v) is 11.4. The van der Waals surface area contributed by atoms with Crippen LogP contribution in [0.2, 0.25) is 0 Å². The van der Waals surface area contributed by atoms with Gasteiger partial charge >= 0.3 is 5.97 Å². The summed E-state index contributed by atoms with van der Waals surface area (Å²) >= 11 is 0. The third kappa shape index (κ3) is 2.24. The highest BCUT2D eigenvalue weighted by Crippen LogP contribution is 2.28. The number of fused-ring (bicyclic) bond motifs is 1. The standard InChI is InChI=1S/C15H13N3O3/c1-2-21-15(20)11-8-16-12-9-17-18(13(12)14(11)19)10-6-4-3-5-7-10/h3-9,11H,2H2,1H3. The Hall–Kier alpha value is -2.76. The zero-order chi connectivity index (χ0) is 14.8. The predicted molar refractivity (Wildman–Crippen MR) is 76.2 cm³/mol. The SMILES string of the molecule is CCOC(=O)C1C=Nc2cnn(-c3ccccc3)c2C1=O. The van der Waals surface area contributed by atoms with E-state index in [0.717, 1.165) is 5.69 Å². The molecule has 3 rings (SSSR count). The van der Waals surface area contributed by atoms with E-state index in [1.165, 1.54) is 17.1 Å². The van der Waals surface area contributed by atoms with Crippen molar-refractivity contribution >= 4 is 23.7 Å². The molecule has 0 radical (unpaired) electrons. The highest BCUT2D eigenvalue weighted by Gasteiger charge is 2.35. The Labute approximate surface area is 121 Å². The largest absolute Gasteiger partial charge is 0.465 e. The number of aromatic nitrogens is 2. The molecule has 0 fully saturated rings. The van der Waals surface area contributed by atoms with E-state index in [1.54, 1.807) is 6.92 Å². The first-order valence-corrected chi connectivity index (χ1v) is 6.61. The lowest BCUT2D eigenvalue weighted by Crippen LogP contribution is -2.31. The molecule has 1 aliphatic rings. The van der Waals surface area contributed by atoms with Crippen molar-refractivity contribution in [1.29, 1.82) is 0 Å². The molecule has 0 saturated carbocycles. The Kier molecular flexibility index (Phi) is 3.35. The van der Waals surface area contributed by atoms with Gasteiger partial charge in [0.25, 0.3) is 0 Å². The summed E-state index contributed by atoms with van der Waals surface area (Å²) in [7, 11) is 0. The average Bonchev–Trinajstić information content (AvgIpc) is 2.93. The molecule has 6 heteroatoms. The molecule has 6 nitrogen and oxygen atoms in total. The van der Waals surface area contributed by atoms with Crippen LogP contribution in [0.4, 0.5) is 5.69 Å². The van der Waals surface area contributed by atoms with Crippen LogP contribution in [0.1, 0.15) is 17.4 Å². The Morgan fingerprint density at radius 3 is 2.81 bits per heavy atom. The van der Waals surface area contributed by atoms with Gasteiger partial charge in [0.05, 0.1) is 18.5 Å². The van der Waals surface area contributed by atoms with Crippen LogP contribution in [0.15, 0.2) is 41.5 Å². The summed E-state index contributed by atoms with van der Waals surface area (Å²) < 4.78 is 6.41. The summed E-state index contributed by atoms with van der Waals surface area (Å²) in [6.45, 7) is 1.92. The highest BCUT2D eigenvalue weighted by molar-refractivity contribution is 6.21. The van der Waals surface area contributed by atoms with Gasteiger partial charge in [-0.3, -0.25) is 14.6 Å². The summed E-state index contributed by atoms with van der Waals surface area (Å²) in [6.07, 6.45) is 2.83. The smallest absolute Gasteiger partial charge is 0.322 e. The van der Waals surface area contributed by atoms with E-state index in [1.807, 2.05) is 30.3 Å². The number of ether oxygens (including phenoxy) is 1. The topological polar surface area (TPSA) is 73.5 Å². The van der Waals surface area contributed by atoms with Crippen LogP contribution in [0.5, 0.6) is 0 Å². The highest BCUT2D eigenvalue weighted by atomic mass is 16.5. The molecule has 21 heavy (non-hydrogen) atoms. The quantitative estimate of drug-likeness (QED) is 0.637. The van der Waals surface area contributed by atoms with Crippen LogP contribution in [0.25, 0.3) is 5.69 Å².